The fraction of sp³-hybridized carbons (Fsp3) is 0.500. The summed E-state index contributed by atoms with van der Waals surface area (Å²) in [7, 11) is 0. The second-order valence-electron chi connectivity index (χ2n) is 5.74. The molecule has 0 amide bonds. The highest BCUT2D eigenvalue weighted by atomic mass is 16.6. The summed E-state index contributed by atoms with van der Waals surface area (Å²) in [5, 5.41) is 30.0. The number of carboxylic acid groups (broad SMARTS) is 1. The van der Waals surface area contributed by atoms with E-state index in [9.17, 15) is 25.1 Å². The number of aliphatic hydroxyl groups is 1. The molecule has 112 valence electrons. The fourth-order valence-electron chi connectivity index (χ4n) is 3.52. The van der Waals surface area contributed by atoms with Crippen LogP contribution in [0, 0.1) is 22.0 Å². The van der Waals surface area contributed by atoms with E-state index in [1.54, 1.807) is 0 Å². The number of carbonyl (C=O) groups is 1. The highest BCUT2D eigenvalue weighted by Gasteiger charge is 2.42. The molecule has 2 fully saturated rings. The van der Waals surface area contributed by atoms with Gasteiger partial charge in [-0.1, -0.05) is 0 Å². The summed E-state index contributed by atoms with van der Waals surface area (Å²) in [6, 6.07) is 3.92. The van der Waals surface area contributed by atoms with Crippen molar-refractivity contribution in [2.24, 2.45) is 11.8 Å². The Bertz CT molecular complexity index is 603. The van der Waals surface area contributed by atoms with Crippen molar-refractivity contribution in [3.63, 3.8) is 0 Å². The van der Waals surface area contributed by atoms with Crippen LogP contribution in [-0.2, 0) is 0 Å². The molecule has 1 aliphatic carbocycles. The Hall–Kier alpha value is -2.15. The van der Waals surface area contributed by atoms with Crippen molar-refractivity contribution < 1.29 is 19.9 Å². The number of nitrogens with zero attached hydrogens (tertiary/aromatic N) is 2. The van der Waals surface area contributed by atoms with E-state index in [1.165, 1.54) is 12.1 Å². The normalized spacial score (nSPS) is 27.7. The van der Waals surface area contributed by atoms with Gasteiger partial charge in [0.05, 0.1) is 22.3 Å². The third-order valence-corrected chi connectivity index (χ3v) is 4.58. The number of anilines is 1. The Morgan fingerprint density at radius 3 is 2.71 bits per heavy atom. The molecule has 7 heteroatoms. The Labute approximate surface area is 121 Å². The second-order valence-corrected chi connectivity index (χ2v) is 5.74. The fourth-order valence-corrected chi connectivity index (χ4v) is 3.52. The Morgan fingerprint density at radius 1 is 1.33 bits per heavy atom. The molecule has 0 radical (unpaired) electrons. The van der Waals surface area contributed by atoms with Crippen molar-refractivity contribution in [3.05, 3.63) is 33.9 Å². The lowest BCUT2D eigenvalue weighted by Crippen LogP contribution is -2.26. The number of hydrogen-bond acceptors (Lipinski definition) is 5. The monoisotopic (exact) mass is 292 g/mol. The maximum absolute atomic E-state index is 11.4. The number of nitro benzene ring substituents is 1. The highest BCUT2D eigenvalue weighted by molar-refractivity contribution is 5.95. The van der Waals surface area contributed by atoms with Gasteiger partial charge in [0, 0.05) is 31.1 Å². The molecule has 2 N–H and O–H groups in total. The van der Waals surface area contributed by atoms with Gasteiger partial charge < -0.3 is 15.1 Å². The average molecular weight is 292 g/mol. The van der Waals surface area contributed by atoms with Crippen molar-refractivity contribution in [2.45, 2.75) is 18.9 Å². The lowest BCUT2D eigenvalue weighted by Gasteiger charge is -2.22. The van der Waals surface area contributed by atoms with Gasteiger partial charge in [0.2, 0.25) is 0 Å². The maximum atomic E-state index is 11.4. The summed E-state index contributed by atoms with van der Waals surface area (Å²) in [6.45, 7) is 1.30. The molecule has 1 heterocycles. The van der Waals surface area contributed by atoms with Crippen molar-refractivity contribution in [2.75, 3.05) is 18.0 Å². The van der Waals surface area contributed by atoms with Crippen LogP contribution in [0.2, 0.25) is 0 Å². The van der Waals surface area contributed by atoms with Crippen molar-refractivity contribution in [1.82, 2.24) is 0 Å². The van der Waals surface area contributed by atoms with E-state index in [0.29, 0.717) is 24.7 Å². The van der Waals surface area contributed by atoms with Gasteiger partial charge in [-0.3, -0.25) is 10.1 Å². The summed E-state index contributed by atoms with van der Waals surface area (Å²) in [4.78, 5) is 23.5. The molecule has 1 saturated carbocycles. The SMILES string of the molecule is O=C(O)c1cc([N+](=O)[O-])ccc1N1CC2CCC(O)C2C1. The summed E-state index contributed by atoms with van der Waals surface area (Å²) in [6.07, 6.45) is 1.42. The van der Waals surface area contributed by atoms with E-state index >= 15 is 0 Å². The zero-order chi connectivity index (χ0) is 15.1. The number of nitro groups is 1. The smallest absolute Gasteiger partial charge is 0.338 e. The minimum atomic E-state index is -1.17. The molecule has 1 aromatic rings. The molecule has 0 aromatic heterocycles. The molecule has 0 bridgehead atoms. The Balaban J connectivity index is 1.92. The van der Waals surface area contributed by atoms with Crippen LogP contribution in [0.25, 0.3) is 0 Å². The van der Waals surface area contributed by atoms with Crippen LogP contribution in [0.4, 0.5) is 11.4 Å². The molecule has 3 rings (SSSR count). The number of hydrogen-bond donors (Lipinski definition) is 2. The van der Waals surface area contributed by atoms with E-state index in [0.717, 1.165) is 18.9 Å². The van der Waals surface area contributed by atoms with Gasteiger partial charge >= 0.3 is 5.97 Å². The van der Waals surface area contributed by atoms with Crippen LogP contribution in [-0.4, -0.2) is 40.3 Å². The average Bonchev–Trinajstić information content (AvgIpc) is 3.00. The topological polar surface area (TPSA) is 104 Å². The first-order valence-electron chi connectivity index (χ1n) is 6.92. The minimum absolute atomic E-state index is 0.0568. The van der Waals surface area contributed by atoms with Crippen LogP contribution >= 0.6 is 0 Å². The van der Waals surface area contributed by atoms with Gasteiger partial charge in [-0.15, -0.1) is 0 Å². The molecule has 3 atom stereocenters. The summed E-state index contributed by atoms with van der Waals surface area (Å²) < 4.78 is 0. The van der Waals surface area contributed by atoms with Crippen LogP contribution in [0.3, 0.4) is 0 Å². The maximum Gasteiger partial charge on any atom is 0.338 e. The number of rotatable bonds is 3. The lowest BCUT2D eigenvalue weighted by molar-refractivity contribution is -0.384. The van der Waals surface area contributed by atoms with E-state index in [4.69, 9.17) is 0 Å². The zero-order valence-corrected chi connectivity index (χ0v) is 11.3. The number of benzene rings is 1. The van der Waals surface area contributed by atoms with Crippen molar-refractivity contribution >= 4 is 17.3 Å². The first-order valence-corrected chi connectivity index (χ1v) is 6.92. The van der Waals surface area contributed by atoms with Crippen LogP contribution in [0.15, 0.2) is 18.2 Å². The van der Waals surface area contributed by atoms with Gasteiger partial charge in [0.15, 0.2) is 0 Å². The molecule has 1 aliphatic heterocycles. The summed E-state index contributed by atoms with van der Waals surface area (Å²) >= 11 is 0. The lowest BCUT2D eigenvalue weighted by atomic mass is 10.00. The molecule has 0 spiro atoms. The van der Waals surface area contributed by atoms with Gasteiger partial charge in [-0.05, 0) is 24.8 Å². The molecule has 1 aromatic carbocycles. The molecule has 7 nitrogen and oxygen atoms in total. The van der Waals surface area contributed by atoms with Gasteiger partial charge in [0.1, 0.15) is 0 Å². The number of aliphatic hydroxyl groups excluding tert-OH is 1. The first-order chi connectivity index (χ1) is 9.97. The zero-order valence-electron chi connectivity index (χ0n) is 11.3. The molecule has 21 heavy (non-hydrogen) atoms. The highest BCUT2D eigenvalue weighted by Crippen LogP contribution is 2.41. The minimum Gasteiger partial charge on any atom is -0.478 e. The molecule has 2 aliphatic rings. The number of fused-ring (bicyclic) bond motifs is 1. The molecular formula is C14H16N2O5. The van der Waals surface area contributed by atoms with E-state index in [-0.39, 0.29) is 23.3 Å². The van der Waals surface area contributed by atoms with Crippen molar-refractivity contribution in [3.8, 4) is 0 Å². The molecule has 3 unspecified atom stereocenters. The van der Waals surface area contributed by atoms with E-state index in [1.807, 2.05) is 4.90 Å². The summed E-state index contributed by atoms with van der Waals surface area (Å²) in [5.41, 5.74) is 0.212. The predicted octanol–water partition coefficient (Wildman–Crippen LogP) is 1.50. The van der Waals surface area contributed by atoms with Gasteiger partial charge in [0.25, 0.3) is 5.69 Å². The van der Waals surface area contributed by atoms with Crippen LogP contribution in [0.1, 0.15) is 23.2 Å². The molecular weight excluding hydrogens is 276 g/mol. The largest absolute Gasteiger partial charge is 0.478 e. The summed E-state index contributed by atoms with van der Waals surface area (Å²) in [5.74, 6) is -0.634. The van der Waals surface area contributed by atoms with E-state index in [2.05, 4.69) is 0 Å². The quantitative estimate of drug-likeness (QED) is 0.646. The first kappa shape index (κ1) is 13.8. The second kappa shape index (κ2) is 5.00. The third kappa shape index (κ3) is 2.33. The van der Waals surface area contributed by atoms with Gasteiger partial charge in [-0.2, -0.15) is 0 Å². The predicted molar refractivity (Wildman–Crippen MR) is 74.5 cm³/mol. The van der Waals surface area contributed by atoms with E-state index < -0.39 is 10.9 Å². The number of carboxylic acids is 1. The third-order valence-electron chi connectivity index (χ3n) is 4.58. The van der Waals surface area contributed by atoms with Crippen LogP contribution < -0.4 is 4.90 Å². The molecule has 1 saturated heterocycles. The number of aromatic carboxylic acids is 1. The van der Waals surface area contributed by atoms with Crippen molar-refractivity contribution in [1.29, 1.82) is 0 Å². The van der Waals surface area contributed by atoms with Crippen LogP contribution in [0.5, 0.6) is 0 Å². The van der Waals surface area contributed by atoms with Gasteiger partial charge in [-0.25, -0.2) is 4.79 Å². The standard InChI is InChI=1S/C14H16N2O5/c17-13-4-1-8-6-15(7-11(8)13)12-3-2-9(16(20)21)5-10(12)14(18)19/h2-3,5,8,11,13,17H,1,4,6-7H2,(H,18,19). The number of non-ortho nitro benzene ring substituents is 1. The Morgan fingerprint density at radius 2 is 2.10 bits per heavy atom. The Kier molecular flexibility index (Phi) is 3.29.